The minimum atomic E-state index is -0.644. The molecule has 0 aliphatic heterocycles. The van der Waals surface area contributed by atoms with Gasteiger partial charge >= 0.3 is 5.97 Å². The third-order valence-corrected chi connectivity index (χ3v) is 3.95. The molecule has 25 heavy (non-hydrogen) atoms. The number of ether oxygens (including phenoxy) is 1. The summed E-state index contributed by atoms with van der Waals surface area (Å²) in [6, 6.07) is 8.57. The van der Waals surface area contributed by atoms with Gasteiger partial charge in [0.05, 0.1) is 0 Å². The van der Waals surface area contributed by atoms with Crippen molar-refractivity contribution >= 4 is 17.8 Å². The molecule has 0 aromatic heterocycles. The molecule has 2 N–H and O–H groups in total. The Kier molecular flexibility index (Phi) is 7.69. The molecule has 0 radical (unpaired) electrons. The molecule has 1 aliphatic rings. The van der Waals surface area contributed by atoms with Crippen molar-refractivity contribution in [2.45, 2.75) is 32.1 Å². The second kappa shape index (κ2) is 10.3. The number of hydrogen-bond acceptors (Lipinski definition) is 4. The standard InChI is InChI=1S/C19H24N2O4/c22-17(20-12-11-15-7-3-1-4-8-15)14-25-18(23)13-21-19(24)16-9-5-2-6-10-16/h2,5-7,9-10H,1,3-4,8,11-14H2,(H,20,22)(H,21,24). The summed E-state index contributed by atoms with van der Waals surface area (Å²) >= 11 is 0. The van der Waals surface area contributed by atoms with E-state index in [1.54, 1.807) is 30.3 Å². The summed E-state index contributed by atoms with van der Waals surface area (Å²) in [6.45, 7) is -0.0556. The molecule has 0 spiro atoms. The second-order valence-corrected chi connectivity index (χ2v) is 5.92. The minimum absolute atomic E-state index is 0.270. The first-order valence-electron chi connectivity index (χ1n) is 8.58. The van der Waals surface area contributed by atoms with Gasteiger partial charge in [-0.1, -0.05) is 29.8 Å². The molecule has 6 heteroatoms. The van der Waals surface area contributed by atoms with Crippen LogP contribution in [0.4, 0.5) is 0 Å². The Labute approximate surface area is 147 Å². The highest BCUT2D eigenvalue weighted by Crippen LogP contribution is 2.19. The van der Waals surface area contributed by atoms with Crippen molar-refractivity contribution in [1.29, 1.82) is 0 Å². The number of carbonyl (C=O) groups is 3. The number of rotatable bonds is 8. The van der Waals surface area contributed by atoms with Crippen LogP contribution in [0.15, 0.2) is 42.0 Å². The summed E-state index contributed by atoms with van der Waals surface area (Å²) in [5.74, 6) is -1.34. The van der Waals surface area contributed by atoms with E-state index in [9.17, 15) is 14.4 Å². The van der Waals surface area contributed by atoms with E-state index in [1.165, 1.54) is 18.4 Å². The van der Waals surface area contributed by atoms with Crippen molar-refractivity contribution in [1.82, 2.24) is 10.6 Å². The van der Waals surface area contributed by atoms with Crippen LogP contribution in [0.1, 0.15) is 42.5 Å². The van der Waals surface area contributed by atoms with Gasteiger partial charge in [0.25, 0.3) is 11.8 Å². The van der Waals surface area contributed by atoms with Crippen LogP contribution in [-0.4, -0.2) is 37.5 Å². The van der Waals surface area contributed by atoms with Crippen LogP contribution in [0.2, 0.25) is 0 Å². The van der Waals surface area contributed by atoms with Crippen molar-refractivity contribution < 1.29 is 19.1 Å². The smallest absolute Gasteiger partial charge is 0.325 e. The molecule has 0 saturated heterocycles. The molecule has 2 rings (SSSR count). The number of allylic oxidation sites excluding steroid dienone is 1. The summed E-state index contributed by atoms with van der Waals surface area (Å²) < 4.78 is 4.85. The van der Waals surface area contributed by atoms with Crippen LogP contribution in [0.3, 0.4) is 0 Å². The number of hydrogen-bond donors (Lipinski definition) is 2. The van der Waals surface area contributed by atoms with Crippen LogP contribution >= 0.6 is 0 Å². The van der Waals surface area contributed by atoms with Crippen LogP contribution in [0.5, 0.6) is 0 Å². The lowest BCUT2D eigenvalue weighted by molar-refractivity contribution is -0.147. The normalized spacial score (nSPS) is 13.5. The zero-order valence-electron chi connectivity index (χ0n) is 14.3. The van der Waals surface area contributed by atoms with E-state index in [0.29, 0.717) is 12.1 Å². The molecule has 0 heterocycles. The first-order valence-corrected chi connectivity index (χ1v) is 8.58. The second-order valence-electron chi connectivity index (χ2n) is 5.92. The van der Waals surface area contributed by atoms with E-state index in [-0.39, 0.29) is 25.0 Å². The molecule has 0 saturated carbocycles. The van der Waals surface area contributed by atoms with Gasteiger partial charge in [-0.05, 0) is 44.2 Å². The van der Waals surface area contributed by atoms with Crippen LogP contribution in [0.25, 0.3) is 0 Å². The lowest BCUT2D eigenvalue weighted by Gasteiger charge is -2.13. The van der Waals surface area contributed by atoms with Gasteiger partial charge in [0, 0.05) is 12.1 Å². The first-order chi connectivity index (χ1) is 12.1. The Morgan fingerprint density at radius 3 is 2.56 bits per heavy atom. The molecule has 1 aromatic rings. The quantitative estimate of drug-likeness (QED) is 0.558. The molecule has 0 bridgehead atoms. The molecule has 0 atom stereocenters. The van der Waals surface area contributed by atoms with E-state index < -0.39 is 5.97 Å². The maximum atomic E-state index is 11.8. The Morgan fingerprint density at radius 2 is 1.84 bits per heavy atom. The van der Waals surface area contributed by atoms with Gasteiger partial charge in [0.15, 0.2) is 6.61 Å². The molecular formula is C19H24N2O4. The van der Waals surface area contributed by atoms with Crippen LogP contribution < -0.4 is 10.6 Å². The summed E-state index contributed by atoms with van der Waals surface area (Å²) in [5.41, 5.74) is 1.84. The van der Waals surface area contributed by atoms with E-state index in [1.807, 2.05) is 0 Å². The Balaban J connectivity index is 1.57. The van der Waals surface area contributed by atoms with E-state index >= 15 is 0 Å². The zero-order chi connectivity index (χ0) is 17.9. The fraction of sp³-hybridized carbons (Fsp3) is 0.421. The molecule has 2 amide bonds. The summed E-state index contributed by atoms with van der Waals surface area (Å²) in [5, 5.41) is 5.19. The van der Waals surface area contributed by atoms with Crippen molar-refractivity contribution in [3.63, 3.8) is 0 Å². The lowest BCUT2D eigenvalue weighted by atomic mass is 9.97. The van der Waals surface area contributed by atoms with Gasteiger partial charge < -0.3 is 15.4 Å². The molecular weight excluding hydrogens is 320 g/mol. The number of esters is 1. The Bertz CT molecular complexity index is 626. The van der Waals surface area contributed by atoms with E-state index in [4.69, 9.17) is 4.74 Å². The van der Waals surface area contributed by atoms with Gasteiger partial charge in [-0.25, -0.2) is 0 Å². The lowest BCUT2D eigenvalue weighted by Crippen LogP contribution is -2.34. The largest absolute Gasteiger partial charge is 0.454 e. The number of nitrogens with one attached hydrogen (secondary N) is 2. The summed E-state index contributed by atoms with van der Waals surface area (Å²) in [7, 11) is 0. The zero-order valence-corrected chi connectivity index (χ0v) is 14.3. The Morgan fingerprint density at radius 1 is 1.04 bits per heavy atom. The predicted molar refractivity (Wildman–Crippen MR) is 93.9 cm³/mol. The first kappa shape index (κ1) is 18.7. The highest BCUT2D eigenvalue weighted by molar-refractivity contribution is 5.96. The van der Waals surface area contributed by atoms with Crippen LogP contribution in [0, 0.1) is 0 Å². The van der Waals surface area contributed by atoms with E-state index in [0.717, 1.165) is 19.3 Å². The number of amides is 2. The van der Waals surface area contributed by atoms with Gasteiger partial charge in [0.2, 0.25) is 0 Å². The molecule has 0 unspecified atom stereocenters. The number of carbonyl (C=O) groups excluding carboxylic acids is 3. The maximum absolute atomic E-state index is 11.8. The van der Waals surface area contributed by atoms with Crippen molar-refractivity contribution in [2.24, 2.45) is 0 Å². The molecule has 134 valence electrons. The Hall–Kier alpha value is -2.63. The average Bonchev–Trinajstić information content (AvgIpc) is 2.66. The fourth-order valence-electron chi connectivity index (χ4n) is 2.59. The minimum Gasteiger partial charge on any atom is -0.454 e. The molecule has 1 aliphatic carbocycles. The van der Waals surface area contributed by atoms with Gasteiger partial charge in [-0.2, -0.15) is 0 Å². The summed E-state index contributed by atoms with van der Waals surface area (Å²) in [6.07, 6.45) is 7.76. The third-order valence-electron chi connectivity index (χ3n) is 3.95. The van der Waals surface area contributed by atoms with Gasteiger partial charge in [-0.15, -0.1) is 0 Å². The van der Waals surface area contributed by atoms with Crippen molar-refractivity contribution in [3.05, 3.63) is 47.5 Å². The van der Waals surface area contributed by atoms with Crippen molar-refractivity contribution in [2.75, 3.05) is 19.7 Å². The fourth-order valence-corrected chi connectivity index (χ4v) is 2.59. The third kappa shape index (κ3) is 7.20. The molecule has 1 aromatic carbocycles. The average molecular weight is 344 g/mol. The SMILES string of the molecule is O=C(COC(=O)CNC(=O)c1ccccc1)NCCC1=CCCCC1. The summed E-state index contributed by atoms with van der Waals surface area (Å²) in [4.78, 5) is 35.0. The monoisotopic (exact) mass is 344 g/mol. The van der Waals surface area contributed by atoms with Crippen LogP contribution in [-0.2, 0) is 14.3 Å². The van der Waals surface area contributed by atoms with E-state index in [2.05, 4.69) is 16.7 Å². The van der Waals surface area contributed by atoms with Gasteiger partial charge in [-0.3, -0.25) is 14.4 Å². The molecule has 6 nitrogen and oxygen atoms in total. The van der Waals surface area contributed by atoms with Gasteiger partial charge in [0.1, 0.15) is 6.54 Å². The highest BCUT2D eigenvalue weighted by Gasteiger charge is 2.11. The maximum Gasteiger partial charge on any atom is 0.325 e. The highest BCUT2D eigenvalue weighted by atomic mass is 16.5. The molecule has 0 fully saturated rings. The topological polar surface area (TPSA) is 84.5 Å². The van der Waals surface area contributed by atoms with Crippen molar-refractivity contribution in [3.8, 4) is 0 Å². The predicted octanol–water partition coefficient (Wildman–Crippen LogP) is 1.97. The number of benzene rings is 1.